The fraction of sp³-hybridized carbons (Fsp3) is 0.955. The first-order chi connectivity index (χ1) is 51.9. The first-order valence-corrected chi connectivity index (χ1v) is 48.5. The van der Waals surface area contributed by atoms with Crippen molar-refractivity contribution >= 4 is 39.5 Å². The lowest BCUT2D eigenvalue weighted by Gasteiger charge is -2.21. The number of phosphoric acid groups is 2. The summed E-state index contributed by atoms with van der Waals surface area (Å²) in [6.07, 6.45) is 72.3. The van der Waals surface area contributed by atoms with Gasteiger partial charge in [0, 0.05) is 25.7 Å². The third-order valence-corrected chi connectivity index (χ3v) is 22.6. The highest BCUT2D eigenvalue weighted by molar-refractivity contribution is 7.47. The van der Waals surface area contributed by atoms with Gasteiger partial charge in [-0.05, 0) is 37.5 Å². The molecule has 0 aromatic carbocycles. The Morgan fingerprint density at radius 2 is 0.430 bits per heavy atom. The van der Waals surface area contributed by atoms with Crippen molar-refractivity contribution in [1.29, 1.82) is 0 Å². The Hall–Kier alpha value is -1.94. The van der Waals surface area contributed by atoms with Crippen LogP contribution >= 0.6 is 15.6 Å². The SMILES string of the molecule is CCCCCCCCCCCCCCCCCCCCCCC(=O)O[C@H](COC(=O)CCCCCCCCCCCCCCCCCCCCC)COP(=O)(O)OC[C@@H](O)COP(=O)(O)OC[C@@H](COC(=O)CCCCCCCCCCC(C)C)OC(=O)CCCCCCCCCCCCCCCCC(C)C. The van der Waals surface area contributed by atoms with Crippen molar-refractivity contribution in [3.05, 3.63) is 0 Å². The second-order valence-corrected chi connectivity index (χ2v) is 35.5. The number of phosphoric ester groups is 2. The number of esters is 4. The van der Waals surface area contributed by atoms with Gasteiger partial charge in [-0.15, -0.1) is 0 Å². The van der Waals surface area contributed by atoms with Gasteiger partial charge in [-0.25, -0.2) is 9.13 Å². The highest BCUT2D eigenvalue weighted by atomic mass is 31.2. The Labute approximate surface area is 658 Å². The number of rotatable bonds is 87. The van der Waals surface area contributed by atoms with Crippen LogP contribution in [0.3, 0.4) is 0 Å². The predicted octanol–water partition coefficient (Wildman–Crippen LogP) is 27.0. The number of ether oxygens (including phenoxy) is 4. The Balaban J connectivity index is 5.24. The van der Waals surface area contributed by atoms with Crippen molar-refractivity contribution in [2.75, 3.05) is 39.6 Å². The second kappa shape index (κ2) is 79.3. The maximum absolute atomic E-state index is 13.2. The molecule has 0 aliphatic rings. The highest BCUT2D eigenvalue weighted by Crippen LogP contribution is 2.45. The average Bonchev–Trinajstić information content (AvgIpc) is 0.932. The van der Waals surface area contributed by atoms with E-state index in [1.807, 2.05) is 0 Å². The minimum absolute atomic E-state index is 0.107. The fourth-order valence-corrected chi connectivity index (χ4v) is 15.4. The molecular weight excluding hydrogens is 1390 g/mol. The Morgan fingerprint density at radius 1 is 0.252 bits per heavy atom. The van der Waals surface area contributed by atoms with Gasteiger partial charge in [0.25, 0.3) is 0 Å². The van der Waals surface area contributed by atoms with Crippen LogP contribution in [0.1, 0.15) is 472 Å². The topological polar surface area (TPSA) is 237 Å². The zero-order valence-electron chi connectivity index (χ0n) is 70.5. The van der Waals surface area contributed by atoms with Gasteiger partial charge in [0.2, 0.25) is 0 Å². The summed E-state index contributed by atoms with van der Waals surface area (Å²) in [5.74, 6) is -0.579. The summed E-state index contributed by atoms with van der Waals surface area (Å²) in [6, 6.07) is 0. The number of carbonyl (C=O) groups excluding carboxylic acids is 4. The van der Waals surface area contributed by atoms with E-state index in [1.165, 1.54) is 289 Å². The van der Waals surface area contributed by atoms with E-state index in [2.05, 4.69) is 41.5 Å². The van der Waals surface area contributed by atoms with Crippen LogP contribution in [0.25, 0.3) is 0 Å². The van der Waals surface area contributed by atoms with E-state index in [0.29, 0.717) is 25.7 Å². The number of unbranched alkanes of at least 4 members (excludes halogenated alkanes) is 57. The molecular formula is C88H172O17P2. The molecule has 0 fully saturated rings. The lowest BCUT2D eigenvalue weighted by Crippen LogP contribution is -2.30. The molecule has 0 spiro atoms. The summed E-state index contributed by atoms with van der Waals surface area (Å²) in [5.41, 5.74) is 0. The first-order valence-electron chi connectivity index (χ1n) is 45.5. The minimum atomic E-state index is -4.97. The first kappa shape index (κ1) is 105. The van der Waals surface area contributed by atoms with E-state index in [4.69, 9.17) is 37.0 Å². The van der Waals surface area contributed by atoms with Gasteiger partial charge in [-0.3, -0.25) is 37.3 Å². The molecule has 107 heavy (non-hydrogen) atoms. The summed E-state index contributed by atoms with van der Waals surface area (Å²) in [6.45, 7) is 9.67. The van der Waals surface area contributed by atoms with E-state index >= 15 is 0 Å². The van der Waals surface area contributed by atoms with Gasteiger partial charge in [0.1, 0.15) is 19.3 Å². The number of aliphatic hydroxyl groups is 1. The fourth-order valence-electron chi connectivity index (χ4n) is 13.8. The molecule has 0 heterocycles. The number of carbonyl (C=O) groups is 4. The van der Waals surface area contributed by atoms with E-state index in [1.54, 1.807) is 0 Å². The third kappa shape index (κ3) is 81.9. The molecule has 0 aromatic heterocycles. The molecule has 3 N–H and O–H groups in total. The molecule has 0 aliphatic heterocycles. The third-order valence-electron chi connectivity index (χ3n) is 20.7. The summed E-state index contributed by atoms with van der Waals surface area (Å²) in [7, 11) is -9.93. The molecule has 5 atom stereocenters. The van der Waals surface area contributed by atoms with E-state index < -0.39 is 97.5 Å². The highest BCUT2D eigenvalue weighted by Gasteiger charge is 2.30. The Morgan fingerprint density at radius 3 is 0.636 bits per heavy atom. The zero-order chi connectivity index (χ0) is 78.5. The van der Waals surface area contributed by atoms with Crippen LogP contribution in [0.15, 0.2) is 0 Å². The van der Waals surface area contributed by atoms with Crippen LogP contribution in [-0.4, -0.2) is 96.7 Å². The second-order valence-electron chi connectivity index (χ2n) is 32.6. The van der Waals surface area contributed by atoms with E-state index in [0.717, 1.165) is 102 Å². The van der Waals surface area contributed by atoms with Crippen molar-refractivity contribution < 1.29 is 80.2 Å². The molecule has 636 valence electrons. The summed E-state index contributed by atoms with van der Waals surface area (Å²) < 4.78 is 69.0. The van der Waals surface area contributed by atoms with Crippen LogP contribution < -0.4 is 0 Å². The molecule has 0 aromatic rings. The molecule has 0 amide bonds. The summed E-state index contributed by atoms with van der Waals surface area (Å²) in [5, 5.41) is 10.7. The monoisotopic (exact) mass is 1560 g/mol. The van der Waals surface area contributed by atoms with Crippen LogP contribution in [0.4, 0.5) is 0 Å². The number of hydrogen-bond acceptors (Lipinski definition) is 15. The largest absolute Gasteiger partial charge is 0.472 e. The van der Waals surface area contributed by atoms with Gasteiger partial charge in [-0.1, -0.05) is 420 Å². The summed E-state index contributed by atoms with van der Waals surface area (Å²) in [4.78, 5) is 73.3. The molecule has 0 bridgehead atoms. The minimum Gasteiger partial charge on any atom is -0.462 e. The summed E-state index contributed by atoms with van der Waals surface area (Å²) >= 11 is 0. The van der Waals surface area contributed by atoms with E-state index in [9.17, 15) is 43.2 Å². The maximum Gasteiger partial charge on any atom is 0.472 e. The lowest BCUT2D eigenvalue weighted by atomic mass is 10.0. The van der Waals surface area contributed by atoms with Gasteiger partial charge in [0.05, 0.1) is 26.4 Å². The van der Waals surface area contributed by atoms with Crippen molar-refractivity contribution in [2.45, 2.75) is 490 Å². The van der Waals surface area contributed by atoms with Gasteiger partial charge in [-0.2, -0.15) is 0 Å². The maximum atomic E-state index is 13.2. The van der Waals surface area contributed by atoms with Gasteiger partial charge in [0.15, 0.2) is 12.2 Å². The predicted molar refractivity (Wildman–Crippen MR) is 442 cm³/mol. The normalized spacial score (nSPS) is 13.8. The standard InChI is InChI=1S/C88H172O17P2/c1-7-9-11-13-15-17-19-21-23-25-27-29-31-33-38-42-46-54-60-66-72-87(92)104-83(76-98-85(90)70-64-58-52-45-41-37-32-30-28-26-24-22-20-18-16-14-12-10-8-2)78-102-106(94,95)100-74-82(89)75-101-107(96,97)103-79-84(77-99-86(91)71-65-59-53-49-48-51-57-63-69-81(5)6)105-88(93)73-67-61-55-47-43-39-35-34-36-40-44-50-56-62-68-80(3)4/h80-84,89H,7-79H2,1-6H3,(H,94,95)(H,96,97)/t82-,83-,84-/m1/s1. The average molecular weight is 1560 g/mol. The van der Waals surface area contributed by atoms with Crippen molar-refractivity contribution in [3.63, 3.8) is 0 Å². The molecule has 19 heteroatoms. The van der Waals surface area contributed by atoms with Crippen LogP contribution in [0.2, 0.25) is 0 Å². The number of aliphatic hydroxyl groups excluding tert-OH is 1. The van der Waals surface area contributed by atoms with Crippen molar-refractivity contribution in [3.8, 4) is 0 Å². The molecule has 0 saturated carbocycles. The lowest BCUT2D eigenvalue weighted by molar-refractivity contribution is -0.161. The molecule has 17 nitrogen and oxygen atoms in total. The Bertz CT molecular complexity index is 2050. The Kier molecular flexibility index (Phi) is 77.9. The van der Waals surface area contributed by atoms with E-state index in [-0.39, 0.29) is 25.7 Å². The van der Waals surface area contributed by atoms with Crippen LogP contribution in [0.5, 0.6) is 0 Å². The molecule has 0 aliphatic carbocycles. The molecule has 2 unspecified atom stereocenters. The molecule has 0 radical (unpaired) electrons. The molecule has 0 saturated heterocycles. The van der Waals surface area contributed by atoms with Crippen molar-refractivity contribution in [1.82, 2.24) is 0 Å². The zero-order valence-corrected chi connectivity index (χ0v) is 72.2. The van der Waals surface area contributed by atoms with Crippen molar-refractivity contribution in [2.24, 2.45) is 11.8 Å². The molecule has 0 rings (SSSR count). The van der Waals surface area contributed by atoms with Crippen LogP contribution in [0, 0.1) is 11.8 Å². The number of hydrogen-bond donors (Lipinski definition) is 3. The quantitative estimate of drug-likeness (QED) is 0.0222. The van der Waals surface area contributed by atoms with Gasteiger partial charge >= 0.3 is 39.5 Å². The van der Waals surface area contributed by atoms with Gasteiger partial charge < -0.3 is 33.8 Å². The van der Waals surface area contributed by atoms with Crippen LogP contribution in [-0.2, 0) is 65.4 Å². The smallest absolute Gasteiger partial charge is 0.462 e.